The average molecular weight is 481 g/mol. The summed E-state index contributed by atoms with van der Waals surface area (Å²) >= 11 is 5.95. The van der Waals surface area contributed by atoms with Gasteiger partial charge in [0, 0.05) is 42.2 Å². The summed E-state index contributed by atoms with van der Waals surface area (Å²) in [6.45, 7) is 9.82. The van der Waals surface area contributed by atoms with Crippen LogP contribution in [0.25, 0.3) is 22.6 Å². The van der Waals surface area contributed by atoms with E-state index in [0.717, 1.165) is 5.56 Å². The molecule has 0 spiro atoms. The van der Waals surface area contributed by atoms with Gasteiger partial charge in [-0.05, 0) is 31.2 Å². The van der Waals surface area contributed by atoms with Crippen LogP contribution in [0.3, 0.4) is 0 Å². The lowest BCUT2D eigenvalue weighted by atomic mass is 9.97. The summed E-state index contributed by atoms with van der Waals surface area (Å²) in [6.07, 6.45) is 0. The van der Waals surface area contributed by atoms with Crippen molar-refractivity contribution in [2.24, 2.45) is 0 Å². The van der Waals surface area contributed by atoms with Gasteiger partial charge in [0.15, 0.2) is 5.58 Å². The van der Waals surface area contributed by atoms with Crippen LogP contribution < -0.4 is 4.90 Å². The van der Waals surface area contributed by atoms with Gasteiger partial charge in [0.25, 0.3) is 11.9 Å². The summed E-state index contributed by atoms with van der Waals surface area (Å²) in [5, 5.41) is 4.44. The molecule has 0 N–H and O–H groups in total. The summed E-state index contributed by atoms with van der Waals surface area (Å²) in [4.78, 5) is 30.2. The molecule has 5 rings (SSSR count). The Labute approximate surface area is 201 Å². The van der Waals surface area contributed by atoms with Crippen molar-refractivity contribution in [2.75, 3.05) is 24.5 Å². The van der Waals surface area contributed by atoms with Crippen LogP contribution in [-0.2, 0) is 5.41 Å². The van der Waals surface area contributed by atoms with Gasteiger partial charge in [-0.25, -0.2) is 4.98 Å². The number of hydrogen-bond acceptors (Lipinski definition) is 8. The van der Waals surface area contributed by atoms with Gasteiger partial charge in [-0.3, -0.25) is 4.79 Å². The van der Waals surface area contributed by atoms with E-state index >= 15 is 0 Å². The Balaban J connectivity index is 1.27. The zero-order chi connectivity index (χ0) is 24.0. The SMILES string of the molecule is CC1CN(c2nc3nc(Cl)ccc3o2)CCN1C(=O)c1ccc(-c2noc(C(C)(C)C)n2)cc1. The van der Waals surface area contributed by atoms with E-state index in [1.165, 1.54) is 0 Å². The molecule has 1 aliphatic rings. The number of rotatable bonds is 3. The lowest BCUT2D eigenvalue weighted by Gasteiger charge is -2.39. The third kappa shape index (κ3) is 4.23. The molecule has 0 saturated carbocycles. The normalized spacial score (nSPS) is 16.9. The van der Waals surface area contributed by atoms with Gasteiger partial charge in [-0.15, -0.1) is 0 Å². The highest BCUT2D eigenvalue weighted by molar-refractivity contribution is 6.29. The van der Waals surface area contributed by atoms with Crippen molar-refractivity contribution in [2.45, 2.75) is 39.2 Å². The quantitative estimate of drug-likeness (QED) is 0.393. The van der Waals surface area contributed by atoms with Crippen molar-refractivity contribution < 1.29 is 13.7 Å². The molecule has 4 aromatic rings. The second-order valence-corrected chi connectivity index (χ2v) is 9.88. The number of hydrogen-bond donors (Lipinski definition) is 0. The zero-order valence-electron chi connectivity index (χ0n) is 19.4. The third-order valence-electron chi connectivity index (χ3n) is 5.82. The maximum absolute atomic E-state index is 13.2. The minimum Gasteiger partial charge on any atom is -0.422 e. The Bertz CT molecular complexity index is 1340. The molecular weight excluding hydrogens is 456 g/mol. The van der Waals surface area contributed by atoms with Crippen molar-refractivity contribution in [1.29, 1.82) is 0 Å². The summed E-state index contributed by atoms with van der Waals surface area (Å²) < 4.78 is 11.2. The van der Waals surface area contributed by atoms with Gasteiger partial charge in [0.2, 0.25) is 17.4 Å². The van der Waals surface area contributed by atoms with Crippen molar-refractivity contribution in [1.82, 2.24) is 25.0 Å². The molecule has 0 bridgehead atoms. The van der Waals surface area contributed by atoms with E-state index in [2.05, 4.69) is 20.1 Å². The Morgan fingerprint density at radius 3 is 2.50 bits per heavy atom. The van der Waals surface area contributed by atoms with Gasteiger partial charge >= 0.3 is 0 Å². The molecule has 0 radical (unpaired) electrons. The second kappa shape index (κ2) is 8.39. The predicted octanol–water partition coefficient (Wildman–Crippen LogP) is 4.57. The smallest absolute Gasteiger partial charge is 0.300 e. The number of anilines is 1. The highest BCUT2D eigenvalue weighted by atomic mass is 35.5. The molecule has 10 heteroatoms. The summed E-state index contributed by atoms with van der Waals surface area (Å²) in [5.74, 6) is 1.07. The maximum atomic E-state index is 13.2. The molecule has 1 aromatic carbocycles. The molecule has 1 saturated heterocycles. The van der Waals surface area contributed by atoms with Gasteiger partial charge in [-0.2, -0.15) is 9.97 Å². The Kier molecular flexibility index (Phi) is 5.51. The van der Waals surface area contributed by atoms with Gasteiger partial charge < -0.3 is 18.7 Å². The monoisotopic (exact) mass is 480 g/mol. The Morgan fingerprint density at radius 1 is 1.06 bits per heavy atom. The molecule has 1 atom stereocenters. The predicted molar refractivity (Wildman–Crippen MR) is 128 cm³/mol. The minimum absolute atomic E-state index is 0.0202. The van der Waals surface area contributed by atoms with Crippen molar-refractivity contribution in [3.05, 3.63) is 53.0 Å². The van der Waals surface area contributed by atoms with Crippen LogP contribution in [0, 0.1) is 0 Å². The molecule has 34 heavy (non-hydrogen) atoms. The zero-order valence-corrected chi connectivity index (χ0v) is 20.2. The van der Waals surface area contributed by atoms with Gasteiger partial charge in [0.05, 0.1) is 0 Å². The van der Waals surface area contributed by atoms with Crippen LogP contribution in [0.5, 0.6) is 0 Å². The molecule has 3 aromatic heterocycles. The molecule has 1 fully saturated rings. The number of amides is 1. The number of benzene rings is 1. The number of piperazine rings is 1. The minimum atomic E-state index is -0.221. The first-order valence-corrected chi connectivity index (χ1v) is 11.5. The number of oxazole rings is 1. The first-order valence-electron chi connectivity index (χ1n) is 11.1. The highest BCUT2D eigenvalue weighted by Gasteiger charge is 2.30. The van der Waals surface area contributed by atoms with E-state index in [0.29, 0.717) is 59.3 Å². The molecule has 9 nitrogen and oxygen atoms in total. The van der Waals surface area contributed by atoms with Crippen LogP contribution in [0.15, 0.2) is 45.3 Å². The second-order valence-electron chi connectivity index (χ2n) is 9.50. The molecule has 176 valence electrons. The Hall–Kier alpha value is -3.46. The molecule has 0 aliphatic carbocycles. The van der Waals surface area contributed by atoms with E-state index in [4.69, 9.17) is 20.5 Å². The number of nitrogens with zero attached hydrogens (tertiary/aromatic N) is 6. The molecule has 1 aliphatic heterocycles. The number of carbonyl (C=O) groups excluding carboxylic acids is 1. The topological polar surface area (TPSA) is 101 Å². The highest BCUT2D eigenvalue weighted by Crippen LogP contribution is 2.26. The number of carbonyl (C=O) groups is 1. The molecular formula is C24H25ClN6O3. The van der Waals surface area contributed by atoms with Gasteiger partial charge in [0.1, 0.15) is 5.15 Å². The van der Waals surface area contributed by atoms with Gasteiger partial charge in [-0.1, -0.05) is 49.7 Å². The molecule has 4 heterocycles. The largest absolute Gasteiger partial charge is 0.422 e. The van der Waals surface area contributed by atoms with Crippen LogP contribution in [-0.4, -0.2) is 56.6 Å². The lowest BCUT2D eigenvalue weighted by molar-refractivity contribution is 0.0671. The summed E-state index contributed by atoms with van der Waals surface area (Å²) in [6, 6.07) is 11.2. The van der Waals surface area contributed by atoms with E-state index in [-0.39, 0.29) is 17.4 Å². The number of fused-ring (bicyclic) bond motifs is 1. The van der Waals surface area contributed by atoms with E-state index in [9.17, 15) is 4.79 Å². The first kappa shape index (κ1) is 22.3. The fourth-order valence-electron chi connectivity index (χ4n) is 3.93. The molecule has 1 amide bonds. The Morgan fingerprint density at radius 2 is 1.82 bits per heavy atom. The summed E-state index contributed by atoms with van der Waals surface area (Å²) in [5.41, 5.74) is 2.26. The number of pyridine rings is 1. The molecule has 1 unspecified atom stereocenters. The summed E-state index contributed by atoms with van der Waals surface area (Å²) in [7, 11) is 0. The standard InChI is InChI=1S/C24H25ClN6O3/c1-14-13-30(23-28-20-17(33-23)9-10-18(25)26-20)11-12-31(14)21(32)16-7-5-15(6-8-16)19-27-22(34-29-19)24(2,3)4/h5-10,14H,11-13H2,1-4H3. The first-order chi connectivity index (χ1) is 16.2. The number of aromatic nitrogens is 4. The fourth-order valence-corrected chi connectivity index (χ4v) is 4.07. The average Bonchev–Trinajstić information content (AvgIpc) is 3.46. The van der Waals surface area contributed by atoms with Crippen molar-refractivity contribution in [3.8, 4) is 11.4 Å². The van der Waals surface area contributed by atoms with Crippen LogP contribution in [0.1, 0.15) is 43.9 Å². The van der Waals surface area contributed by atoms with E-state index in [1.807, 2.05) is 49.6 Å². The third-order valence-corrected chi connectivity index (χ3v) is 6.04. The van der Waals surface area contributed by atoms with Crippen molar-refractivity contribution in [3.63, 3.8) is 0 Å². The van der Waals surface area contributed by atoms with Crippen LogP contribution in [0.4, 0.5) is 6.01 Å². The van der Waals surface area contributed by atoms with E-state index in [1.54, 1.807) is 24.3 Å². The fraction of sp³-hybridized carbons (Fsp3) is 0.375. The van der Waals surface area contributed by atoms with Crippen LogP contribution in [0.2, 0.25) is 5.15 Å². The van der Waals surface area contributed by atoms with E-state index < -0.39 is 0 Å². The maximum Gasteiger partial charge on any atom is 0.300 e. The van der Waals surface area contributed by atoms with Crippen molar-refractivity contribution >= 4 is 34.8 Å². The lowest BCUT2D eigenvalue weighted by Crippen LogP contribution is -2.54. The van der Waals surface area contributed by atoms with Crippen LogP contribution >= 0.6 is 11.6 Å². The number of halogens is 1.